The number of nitrogens with one attached hydrogen (secondary N) is 3. The minimum atomic E-state index is -1.39. The first-order valence-electron chi connectivity index (χ1n) is 12.5. The van der Waals surface area contributed by atoms with E-state index in [9.17, 15) is 24.3 Å². The van der Waals surface area contributed by atoms with Gasteiger partial charge >= 0.3 is 6.09 Å². The number of aliphatic hydroxyl groups is 1. The van der Waals surface area contributed by atoms with Crippen LogP contribution in [0, 0.1) is 0 Å². The largest absolute Gasteiger partial charge is 0.489 e. The summed E-state index contributed by atoms with van der Waals surface area (Å²) < 4.78 is 10.9. The van der Waals surface area contributed by atoms with Gasteiger partial charge in [-0.3, -0.25) is 14.4 Å². The Kier molecular flexibility index (Phi) is 11.5. The van der Waals surface area contributed by atoms with Gasteiger partial charge in [0.1, 0.15) is 31.0 Å². The summed E-state index contributed by atoms with van der Waals surface area (Å²) in [5, 5.41) is 16.9. The molecule has 3 aromatic carbocycles. The molecule has 0 radical (unpaired) electrons. The topological polar surface area (TPSA) is 169 Å². The maximum absolute atomic E-state index is 12.9. The molecule has 0 spiro atoms. The fraction of sp³-hybridized carbons (Fsp3) is 0.241. The zero-order valence-corrected chi connectivity index (χ0v) is 21.7. The maximum atomic E-state index is 12.9. The Hall–Kier alpha value is -4.90. The van der Waals surface area contributed by atoms with Gasteiger partial charge in [0.25, 0.3) is 0 Å². The summed E-state index contributed by atoms with van der Waals surface area (Å²) in [6.07, 6.45) is -0.870. The molecule has 0 fully saturated rings. The highest BCUT2D eigenvalue weighted by molar-refractivity contribution is 5.92. The second kappa shape index (κ2) is 15.5. The number of primary amides is 1. The Bertz CT molecular complexity index is 1250. The van der Waals surface area contributed by atoms with Crippen molar-refractivity contribution >= 4 is 23.8 Å². The van der Waals surface area contributed by atoms with Crippen LogP contribution in [0.3, 0.4) is 0 Å². The molecule has 0 bridgehead atoms. The quantitative estimate of drug-likeness (QED) is 0.201. The van der Waals surface area contributed by atoms with Gasteiger partial charge in [-0.15, -0.1) is 0 Å². The van der Waals surface area contributed by atoms with E-state index in [4.69, 9.17) is 15.2 Å². The van der Waals surface area contributed by atoms with Crippen LogP contribution >= 0.6 is 0 Å². The zero-order valence-electron chi connectivity index (χ0n) is 21.7. The van der Waals surface area contributed by atoms with Crippen molar-refractivity contribution in [3.05, 3.63) is 102 Å². The third kappa shape index (κ3) is 10.1. The first-order chi connectivity index (χ1) is 19.3. The minimum absolute atomic E-state index is 0.0321. The molecule has 11 heteroatoms. The Labute approximate surface area is 231 Å². The van der Waals surface area contributed by atoms with Crippen LogP contribution in [0.2, 0.25) is 0 Å². The lowest BCUT2D eigenvalue weighted by atomic mass is 10.0. The summed E-state index contributed by atoms with van der Waals surface area (Å²) in [6, 6.07) is 23.0. The SMILES string of the molecule is NC(=O)CNC(=O)[C@H](Cc1ccc(OCc2ccccc2)cc1)NC(=O)[C@@H](CO)NC(=O)OCc1ccccc1. The molecular weight excluding hydrogens is 516 g/mol. The van der Waals surface area contributed by atoms with Crippen molar-refractivity contribution in [3.63, 3.8) is 0 Å². The molecule has 210 valence electrons. The van der Waals surface area contributed by atoms with E-state index < -0.39 is 49.1 Å². The second-order valence-electron chi connectivity index (χ2n) is 8.81. The molecule has 0 unspecified atom stereocenters. The van der Waals surface area contributed by atoms with Crippen molar-refractivity contribution in [1.29, 1.82) is 0 Å². The number of nitrogens with two attached hydrogens (primary N) is 1. The molecule has 0 aliphatic heterocycles. The fourth-order valence-corrected chi connectivity index (χ4v) is 3.58. The lowest BCUT2D eigenvalue weighted by molar-refractivity contribution is -0.131. The van der Waals surface area contributed by atoms with Crippen LogP contribution in [0.25, 0.3) is 0 Å². The van der Waals surface area contributed by atoms with Crippen molar-refractivity contribution < 1.29 is 33.8 Å². The van der Waals surface area contributed by atoms with Gasteiger partial charge < -0.3 is 36.3 Å². The molecule has 0 aliphatic rings. The van der Waals surface area contributed by atoms with Gasteiger partial charge in [0.05, 0.1) is 13.2 Å². The Morgan fingerprint density at radius 1 is 0.725 bits per heavy atom. The van der Waals surface area contributed by atoms with Crippen LogP contribution in [0.5, 0.6) is 5.75 Å². The van der Waals surface area contributed by atoms with E-state index in [1.165, 1.54) is 0 Å². The number of carbonyl (C=O) groups is 4. The minimum Gasteiger partial charge on any atom is -0.489 e. The van der Waals surface area contributed by atoms with Crippen molar-refractivity contribution in [3.8, 4) is 5.75 Å². The molecule has 0 heterocycles. The van der Waals surface area contributed by atoms with Crippen LogP contribution in [-0.2, 0) is 38.8 Å². The highest BCUT2D eigenvalue weighted by Crippen LogP contribution is 2.15. The van der Waals surface area contributed by atoms with Gasteiger partial charge in [0.15, 0.2) is 0 Å². The smallest absolute Gasteiger partial charge is 0.408 e. The molecule has 0 saturated carbocycles. The van der Waals surface area contributed by atoms with E-state index in [0.29, 0.717) is 17.9 Å². The number of hydrogen-bond acceptors (Lipinski definition) is 7. The van der Waals surface area contributed by atoms with Gasteiger partial charge in [-0.25, -0.2) is 4.79 Å². The first kappa shape index (κ1) is 29.7. The Morgan fingerprint density at radius 2 is 1.32 bits per heavy atom. The molecule has 0 saturated heterocycles. The predicted octanol–water partition coefficient (Wildman–Crippen LogP) is 1.18. The third-order valence-electron chi connectivity index (χ3n) is 5.69. The van der Waals surface area contributed by atoms with Crippen LogP contribution < -0.4 is 26.4 Å². The molecule has 4 amide bonds. The lowest BCUT2D eigenvalue weighted by Crippen LogP contribution is -2.56. The molecule has 0 aromatic heterocycles. The van der Waals surface area contributed by atoms with E-state index >= 15 is 0 Å². The van der Waals surface area contributed by atoms with E-state index in [1.54, 1.807) is 48.5 Å². The number of aliphatic hydroxyl groups excluding tert-OH is 1. The lowest BCUT2D eigenvalue weighted by Gasteiger charge is -2.22. The van der Waals surface area contributed by atoms with Crippen LogP contribution in [0.15, 0.2) is 84.9 Å². The highest BCUT2D eigenvalue weighted by atomic mass is 16.5. The molecule has 40 heavy (non-hydrogen) atoms. The second-order valence-corrected chi connectivity index (χ2v) is 8.81. The normalized spacial score (nSPS) is 11.9. The maximum Gasteiger partial charge on any atom is 0.408 e. The molecule has 2 atom stereocenters. The van der Waals surface area contributed by atoms with E-state index in [-0.39, 0.29) is 13.0 Å². The fourth-order valence-electron chi connectivity index (χ4n) is 3.58. The highest BCUT2D eigenvalue weighted by Gasteiger charge is 2.27. The van der Waals surface area contributed by atoms with E-state index in [2.05, 4.69) is 16.0 Å². The number of carbonyl (C=O) groups excluding carboxylic acids is 4. The number of amides is 4. The summed E-state index contributed by atoms with van der Waals surface area (Å²) in [6.45, 7) is -0.812. The van der Waals surface area contributed by atoms with Crippen LogP contribution in [-0.4, -0.2) is 54.2 Å². The van der Waals surface area contributed by atoms with Gasteiger partial charge in [-0.05, 0) is 28.8 Å². The monoisotopic (exact) mass is 548 g/mol. The van der Waals surface area contributed by atoms with E-state index in [0.717, 1.165) is 11.1 Å². The molecular formula is C29H32N4O7. The molecule has 0 aliphatic carbocycles. The average molecular weight is 549 g/mol. The van der Waals surface area contributed by atoms with Gasteiger partial charge in [-0.2, -0.15) is 0 Å². The summed E-state index contributed by atoms with van der Waals surface area (Å²) >= 11 is 0. The third-order valence-corrected chi connectivity index (χ3v) is 5.69. The summed E-state index contributed by atoms with van der Waals surface area (Å²) in [7, 11) is 0. The molecule has 3 aromatic rings. The van der Waals surface area contributed by atoms with Crippen molar-refractivity contribution in [2.45, 2.75) is 31.7 Å². The molecule has 3 rings (SSSR count). The van der Waals surface area contributed by atoms with Gasteiger partial charge in [0, 0.05) is 6.42 Å². The van der Waals surface area contributed by atoms with Crippen molar-refractivity contribution in [2.24, 2.45) is 5.73 Å². The van der Waals surface area contributed by atoms with Gasteiger partial charge in [0.2, 0.25) is 17.7 Å². The molecule has 11 nitrogen and oxygen atoms in total. The number of ether oxygens (including phenoxy) is 2. The number of rotatable bonds is 14. The first-order valence-corrected chi connectivity index (χ1v) is 12.5. The zero-order chi connectivity index (χ0) is 28.7. The van der Waals surface area contributed by atoms with Crippen LogP contribution in [0.1, 0.15) is 16.7 Å². The summed E-state index contributed by atoms with van der Waals surface area (Å²) in [5.41, 5.74) is 7.56. The number of alkyl carbamates (subject to hydrolysis) is 1. The van der Waals surface area contributed by atoms with Crippen molar-refractivity contribution in [2.75, 3.05) is 13.2 Å². The summed E-state index contributed by atoms with van der Waals surface area (Å²) in [5.74, 6) is -1.62. The standard InChI is InChI=1S/C29H32N4O7/c30-26(35)16-31-27(36)24(15-20-11-13-23(14-12-20)39-18-21-7-3-1-4-8-21)32-28(37)25(17-34)33-29(38)40-19-22-9-5-2-6-10-22/h1-14,24-25,34H,15-19H2,(H2,30,35)(H,31,36)(H,32,37)(H,33,38)/t24-,25+/m0/s1. The van der Waals surface area contributed by atoms with Gasteiger partial charge in [-0.1, -0.05) is 72.8 Å². The Balaban J connectivity index is 1.60. The number of hydrogen-bond donors (Lipinski definition) is 5. The molecule has 6 N–H and O–H groups in total. The predicted molar refractivity (Wildman–Crippen MR) is 146 cm³/mol. The Morgan fingerprint density at radius 3 is 1.90 bits per heavy atom. The average Bonchev–Trinajstić information content (AvgIpc) is 2.97. The van der Waals surface area contributed by atoms with E-state index in [1.807, 2.05) is 36.4 Å². The number of benzene rings is 3. The summed E-state index contributed by atoms with van der Waals surface area (Å²) in [4.78, 5) is 49.0. The van der Waals surface area contributed by atoms with Crippen molar-refractivity contribution in [1.82, 2.24) is 16.0 Å². The van der Waals surface area contributed by atoms with Crippen LogP contribution in [0.4, 0.5) is 4.79 Å².